The first-order valence-electron chi connectivity index (χ1n) is 6.30. The Bertz CT molecular complexity index is 446. The number of hydrogen-bond acceptors (Lipinski definition) is 3. The van der Waals surface area contributed by atoms with E-state index in [9.17, 15) is 9.59 Å². The van der Waals surface area contributed by atoms with Crippen LogP contribution < -0.4 is 4.74 Å². The highest BCUT2D eigenvalue weighted by Gasteiger charge is 2.26. The van der Waals surface area contributed by atoms with Gasteiger partial charge in [0.25, 0.3) is 0 Å². The van der Waals surface area contributed by atoms with Gasteiger partial charge in [0.1, 0.15) is 5.75 Å². The molecule has 1 N–H and O–H groups in total. The van der Waals surface area contributed by atoms with E-state index in [0.717, 1.165) is 0 Å². The van der Waals surface area contributed by atoms with E-state index in [1.807, 2.05) is 0 Å². The van der Waals surface area contributed by atoms with Gasteiger partial charge in [0.05, 0.1) is 12.0 Å². The van der Waals surface area contributed by atoms with Crippen LogP contribution in [0.5, 0.6) is 5.75 Å². The van der Waals surface area contributed by atoms with E-state index in [1.165, 1.54) is 6.92 Å². The number of benzene rings is 1. The summed E-state index contributed by atoms with van der Waals surface area (Å²) in [4.78, 5) is 22.0. The number of Topliss-reactive ketones (excluding diaryl/α,β-unsaturated/α-hetero) is 1. The predicted molar refractivity (Wildman–Crippen MR) is 72.6 cm³/mol. The Balaban J connectivity index is 2.38. The fourth-order valence-corrected chi connectivity index (χ4v) is 1.60. The standard InChI is InChI=1S/C15H20O4/c1-11(16)12-5-7-13(8-6-12)19-10-4-9-15(2,3)14(17)18/h5-8H,4,9-10H2,1-3H3,(H,17,18). The summed E-state index contributed by atoms with van der Waals surface area (Å²) in [6, 6.07) is 6.94. The van der Waals surface area contributed by atoms with Crippen LogP contribution in [0.4, 0.5) is 0 Å². The topological polar surface area (TPSA) is 63.6 Å². The molecule has 0 spiro atoms. The number of ether oxygens (including phenoxy) is 1. The first-order chi connectivity index (χ1) is 8.83. The van der Waals surface area contributed by atoms with Crippen LogP contribution >= 0.6 is 0 Å². The molecule has 1 aromatic carbocycles. The van der Waals surface area contributed by atoms with Gasteiger partial charge in [-0.3, -0.25) is 9.59 Å². The Morgan fingerprint density at radius 2 is 1.79 bits per heavy atom. The van der Waals surface area contributed by atoms with Gasteiger partial charge in [-0.05, 0) is 57.9 Å². The molecule has 0 saturated carbocycles. The Morgan fingerprint density at radius 1 is 1.21 bits per heavy atom. The first-order valence-corrected chi connectivity index (χ1v) is 6.30. The van der Waals surface area contributed by atoms with Crippen molar-refractivity contribution >= 4 is 11.8 Å². The molecule has 0 saturated heterocycles. The van der Waals surface area contributed by atoms with Crippen LogP contribution in [0.15, 0.2) is 24.3 Å². The molecule has 1 rings (SSSR count). The summed E-state index contributed by atoms with van der Waals surface area (Å²) in [5.74, 6) is -0.0776. The van der Waals surface area contributed by atoms with Crippen LogP contribution in [0.2, 0.25) is 0 Å². The van der Waals surface area contributed by atoms with Crippen molar-refractivity contribution in [3.05, 3.63) is 29.8 Å². The lowest BCUT2D eigenvalue weighted by Gasteiger charge is -2.18. The quantitative estimate of drug-likeness (QED) is 0.607. The van der Waals surface area contributed by atoms with E-state index in [-0.39, 0.29) is 5.78 Å². The van der Waals surface area contributed by atoms with Crippen LogP contribution in [-0.2, 0) is 4.79 Å². The van der Waals surface area contributed by atoms with Crippen molar-refractivity contribution in [3.8, 4) is 5.75 Å². The van der Waals surface area contributed by atoms with Crippen molar-refractivity contribution in [2.24, 2.45) is 5.41 Å². The molecular formula is C15H20O4. The van der Waals surface area contributed by atoms with Crippen molar-refractivity contribution in [3.63, 3.8) is 0 Å². The summed E-state index contributed by atoms with van der Waals surface area (Å²) in [7, 11) is 0. The highest BCUT2D eigenvalue weighted by Crippen LogP contribution is 2.22. The molecule has 4 heteroatoms. The molecule has 1 aromatic rings. The molecule has 0 aliphatic carbocycles. The largest absolute Gasteiger partial charge is 0.494 e. The van der Waals surface area contributed by atoms with Gasteiger partial charge in [-0.1, -0.05) is 0 Å². The number of ketones is 1. The lowest BCUT2D eigenvalue weighted by atomic mass is 9.88. The van der Waals surface area contributed by atoms with Crippen LogP contribution in [0.3, 0.4) is 0 Å². The van der Waals surface area contributed by atoms with Gasteiger partial charge in [0, 0.05) is 5.56 Å². The second-order valence-corrected chi connectivity index (χ2v) is 5.22. The molecule has 4 nitrogen and oxygen atoms in total. The third-order valence-corrected chi connectivity index (χ3v) is 3.05. The van der Waals surface area contributed by atoms with E-state index in [4.69, 9.17) is 9.84 Å². The Hall–Kier alpha value is -1.84. The van der Waals surface area contributed by atoms with Gasteiger partial charge in [0.15, 0.2) is 5.78 Å². The number of carboxylic acids is 1. The smallest absolute Gasteiger partial charge is 0.309 e. The van der Waals surface area contributed by atoms with Crippen LogP contribution in [0.25, 0.3) is 0 Å². The minimum Gasteiger partial charge on any atom is -0.494 e. The summed E-state index contributed by atoms with van der Waals surface area (Å²) in [5, 5.41) is 8.97. The maximum atomic E-state index is 11.1. The number of carbonyl (C=O) groups excluding carboxylic acids is 1. The van der Waals surface area contributed by atoms with E-state index in [1.54, 1.807) is 38.1 Å². The molecule has 0 amide bonds. The minimum absolute atomic E-state index is 0.0229. The lowest BCUT2D eigenvalue weighted by Crippen LogP contribution is -2.24. The Morgan fingerprint density at radius 3 is 2.26 bits per heavy atom. The molecule has 19 heavy (non-hydrogen) atoms. The summed E-state index contributed by atoms with van der Waals surface area (Å²) in [6.45, 7) is 5.40. The highest BCUT2D eigenvalue weighted by atomic mass is 16.5. The molecule has 0 atom stereocenters. The minimum atomic E-state index is -0.793. The zero-order chi connectivity index (χ0) is 14.5. The molecular weight excluding hydrogens is 244 g/mol. The van der Waals surface area contributed by atoms with E-state index >= 15 is 0 Å². The van der Waals surface area contributed by atoms with Crippen LogP contribution in [-0.4, -0.2) is 23.5 Å². The number of carbonyl (C=O) groups is 2. The van der Waals surface area contributed by atoms with Crippen molar-refractivity contribution in [1.29, 1.82) is 0 Å². The third-order valence-electron chi connectivity index (χ3n) is 3.05. The molecule has 104 valence electrons. The molecule has 0 aliphatic rings. The van der Waals surface area contributed by atoms with Crippen molar-refractivity contribution in [1.82, 2.24) is 0 Å². The summed E-state index contributed by atoms with van der Waals surface area (Å²) < 4.78 is 5.51. The van der Waals surface area contributed by atoms with Crippen LogP contribution in [0.1, 0.15) is 44.0 Å². The van der Waals surface area contributed by atoms with Crippen molar-refractivity contribution in [2.45, 2.75) is 33.6 Å². The molecule has 0 fully saturated rings. The number of rotatable bonds is 7. The van der Waals surface area contributed by atoms with Gasteiger partial charge in [-0.25, -0.2) is 0 Å². The molecule has 0 radical (unpaired) electrons. The number of hydrogen-bond donors (Lipinski definition) is 1. The Labute approximate surface area is 113 Å². The summed E-state index contributed by atoms with van der Waals surface area (Å²) in [5.41, 5.74) is -0.0682. The van der Waals surface area contributed by atoms with Gasteiger partial charge >= 0.3 is 5.97 Å². The molecule has 0 bridgehead atoms. The average Bonchev–Trinajstić information content (AvgIpc) is 2.35. The molecule has 0 unspecified atom stereocenters. The maximum Gasteiger partial charge on any atom is 0.309 e. The fraction of sp³-hybridized carbons (Fsp3) is 0.467. The van der Waals surface area contributed by atoms with Gasteiger partial charge < -0.3 is 9.84 Å². The third kappa shape index (κ3) is 4.73. The summed E-state index contributed by atoms with van der Waals surface area (Å²) >= 11 is 0. The molecule has 0 aromatic heterocycles. The van der Waals surface area contributed by atoms with Gasteiger partial charge in [0.2, 0.25) is 0 Å². The van der Waals surface area contributed by atoms with E-state index in [0.29, 0.717) is 30.8 Å². The van der Waals surface area contributed by atoms with Crippen LogP contribution in [0, 0.1) is 5.41 Å². The highest BCUT2D eigenvalue weighted by molar-refractivity contribution is 5.94. The fourth-order valence-electron chi connectivity index (χ4n) is 1.60. The zero-order valence-corrected chi connectivity index (χ0v) is 11.6. The molecule has 0 heterocycles. The zero-order valence-electron chi connectivity index (χ0n) is 11.6. The summed E-state index contributed by atoms with van der Waals surface area (Å²) in [6.07, 6.45) is 1.24. The van der Waals surface area contributed by atoms with E-state index < -0.39 is 11.4 Å². The second-order valence-electron chi connectivity index (χ2n) is 5.22. The SMILES string of the molecule is CC(=O)c1ccc(OCCCC(C)(C)C(=O)O)cc1. The normalized spacial score (nSPS) is 11.1. The Kier molecular flexibility index (Phi) is 5.10. The monoisotopic (exact) mass is 264 g/mol. The first kappa shape index (κ1) is 15.2. The predicted octanol–water partition coefficient (Wildman–Crippen LogP) is 3.16. The van der Waals surface area contributed by atoms with Crippen molar-refractivity contribution < 1.29 is 19.4 Å². The second kappa shape index (κ2) is 6.36. The maximum absolute atomic E-state index is 11.1. The van der Waals surface area contributed by atoms with Gasteiger partial charge in [-0.15, -0.1) is 0 Å². The van der Waals surface area contributed by atoms with Gasteiger partial charge in [-0.2, -0.15) is 0 Å². The number of aliphatic carboxylic acids is 1. The average molecular weight is 264 g/mol. The van der Waals surface area contributed by atoms with E-state index in [2.05, 4.69) is 0 Å². The van der Waals surface area contributed by atoms with Crippen molar-refractivity contribution in [2.75, 3.05) is 6.61 Å². The molecule has 0 aliphatic heterocycles. The lowest BCUT2D eigenvalue weighted by molar-refractivity contribution is -0.147. The number of carboxylic acid groups (broad SMARTS) is 1.